The van der Waals surface area contributed by atoms with Gasteiger partial charge in [0, 0.05) is 19.8 Å². The number of benzene rings is 3. The van der Waals surface area contributed by atoms with Gasteiger partial charge in [-0.3, -0.25) is 4.79 Å². The van der Waals surface area contributed by atoms with Gasteiger partial charge in [-0.2, -0.15) is 0 Å². The summed E-state index contributed by atoms with van der Waals surface area (Å²) in [6.07, 6.45) is 0.718. The van der Waals surface area contributed by atoms with Crippen LogP contribution in [0.2, 0.25) is 0 Å². The number of methoxy groups -OCH3 is 2. The molecule has 0 aromatic heterocycles. The van der Waals surface area contributed by atoms with Gasteiger partial charge in [0.05, 0.1) is 0 Å². The lowest BCUT2D eigenvalue weighted by molar-refractivity contribution is -0.201. The minimum Gasteiger partial charge on any atom is -0.344 e. The third-order valence-electron chi connectivity index (χ3n) is 4.31. The molecule has 0 atom stereocenters. The molecule has 0 spiro atoms. The molecule has 0 aliphatic heterocycles. The Bertz CT molecular complexity index is 812. The molecule has 5 heteroatoms. The van der Waals surface area contributed by atoms with E-state index in [4.69, 9.17) is 9.47 Å². The van der Waals surface area contributed by atoms with Crippen LogP contribution in [-0.2, 0) is 20.1 Å². The molecule has 0 heterocycles. The average molecular weight is 401 g/mol. The van der Waals surface area contributed by atoms with E-state index in [0.29, 0.717) is 0 Å². The minimum atomic E-state index is -1.42. The second-order valence-corrected chi connectivity index (χ2v) is 7.90. The number of hydrogen-bond donors (Lipinski definition) is 0. The van der Waals surface area contributed by atoms with Crippen LogP contribution < -0.4 is 15.9 Å². The summed E-state index contributed by atoms with van der Waals surface area (Å²) in [6, 6.07) is 28.5. The summed E-state index contributed by atoms with van der Waals surface area (Å²) in [4.78, 5) is 11.9. The number of rotatable bonds is 7. The van der Waals surface area contributed by atoms with Gasteiger partial charge >= 0.3 is 0 Å². The molecule has 0 saturated heterocycles. The smallest absolute Gasteiger partial charge is 0.253 e. The van der Waals surface area contributed by atoms with E-state index in [1.807, 2.05) is 54.6 Å². The lowest BCUT2D eigenvalue weighted by Gasteiger charge is -2.30. The Morgan fingerprint density at radius 2 is 1.19 bits per heavy atom. The standard InChI is InChI=1S/C22H21O3P.ClH/c1-24-22(17-23,25-2)20-15-9-10-16-21(20)26(18-11-5-3-6-12-18)19-13-7-4-8-14-19;/h3-17H,1-2H3;1H. The summed E-state index contributed by atoms with van der Waals surface area (Å²) < 4.78 is 11.0. The molecule has 0 N–H and O–H groups in total. The number of carbonyl (C=O) groups excluding carboxylic acids is 1. The predicted molar refractivity (Wildman–Crippen MR) is 114 cm³/mol. The zero-order valence-electron chi connectivity index (χ0n) is 15.2. The summed E-state index contributed by atoms with van der Waals surface area (Å²) in [5.74, 6) is -1.42. The Balaban J connectivity index is 0.00000261. The Morgan fingerprint density at radius 1 is 0.741 bits per heavy atom. The van der Waals surface area contributed by atoms with Crippen molar-refractivity contribution in [2.24, 2.45) is 0 Å². The number of ether oxygens (including phenoxy) is 2. The van der Waals surface area contributed by atoms with Gasteiger partial charge in [-0.15, -0.1) is 12.4 Å². The van der Waals surface area contributed by atoms with Crippen LogP contribution in [0.3, 0.4) is 0 Å². The second-order valence-electron chi connectivity index (χ2n) is 5.72. The number of aldehydes is 1. The largest absolute Gasteiger partial charge is 0.344 e. The summed E-state index contributed by atoms with van der Waals surface area (Å²) in [6.45, 7) is 0. The van der Waals surface area contributed by atoms with E-state index in [1.54, 1.807) is 0 Å². The zero-order chi connectivity index (χ0) is 18.4. The van der Waals surface area contributed by atoms with Crippen molar-refractivity contribution in [3.05, 3.63) is 90.5 Å². The first-order chi connectivity index (χ1) is 12.8. The molecule has 3 aromatic rings. The van der Waals surface area contributed by atoms with Gasteiger partial charge in [-0.05, 0) is 23.8 Å². The van der Waals surface area contributed by atoms with Gasteiger partial charge in [0.25, 0.3) is 5.79 Å². The monoisotopic (exact) mass is 400 g/mol. The lowest BCUT2D eigenvalue weighted by Crippen LogP contribution is -2.38. The molecule has 0 fully saturated rings. The van der Waals surface area contributed by atoms with Crippen LogP contribution in [0.25, 0.3) is 0 Å². The number of halogens is 1. The Morgan fingerprint density at radius 3 is 1.63 bits per heavy atom. The minimum absolute atomic E-state index is 0. The molecule has 0 radical (unpaired) electrons. The van der Waals surface area contributed by atoms with E-state index < -0.39 is 13.7 Å². The van der Waals surface area contributed by atoms with Crippen molar-refractivity contribution in [3.63, 3.8) is 0 Å². The van der Waals surface area contributed by atoms with Gasteiger partial charge in [0.15, 0.2) is 6.29 Å². The molecule has 0 bridgehead atoms. The third-order valence-corrected chi connectivity index (χ3v) is 6.81. The van der Waals surface area contributed by atoms with Crippen LogP contribution in [0.1, 0.15) is 5.56 Å². The van der Waals surface area contributed by atoms with Crippen LogP contribution in [0.4, 0.5) is 0 Å². The van der Waals surface area contributed by atoms with E-state index in [9.17, 15) is 4.79 Å². The molecule has 0 amide bonds. The van der Waals surface area contributed by atoms with Crippen molar-refractivity contribution in [2.45, 2.75) is 5.79 Å². The van der Waals surface area contributed by atoms with Crippen LogP contribution in [0, 0.1) is 0 Å². The predicted octanol–water partition coefficient (Wildman–Crippen LogP) is 3.51. The van der Waals surface area contributed by atoms with Gasteiger partial charge < -0.3 is 9.47 Å². The lowest BCUT2D eigenvalue weighted by atomic mass is 10.1. The molecule has 0 aliphatic carbocycles. The SMILES string of the molecule is COC(C=O)(OC)c1ccccc1P(c1ccccc1)c1ccccc1.Cl. The highest BCUT2D eigenvalue weighted by atomic mass is 35.5. The van der Waals surface area contributed by atoms with Crippen LogP contribution >= 0.6 is 20.3 Å². The molecule has 3 aromatic carbocycles. The fourth-order valence-corrected chi connectivity index (χ4v) is 5.51. The number of carbonyl (C=O) groups is 1. The van der Waals surface area contributed by atoms with Crippen LogP contribution in [-0.4, -0.2) is 20.5 Å². The van der Waals surface area contributed by atoms with Crippen LogP contribution in [0.5, 0.6) is 0 Å². The summed E-state index contributed by atoms with van der Waals surface area (Å²) in [5.41, 5.74) is 0.735. The van der Waals surface area contributed by atoms with Crippen LogP contribution in [0.15, 0.2) is 84.9 Å². The third kappa shape index (κ3) is 4.28. The van der Waals surface area contributed by atoms with Crippen molar-refractivity contribution in [2.75, 3.05) is 14.2 Å². The molecule has 3 nitrogen and oxygen atoms in total. The normalized spacial score (nSPS) is 11.1. The first kappa shape index (κ1) is 21.3. The highest BCUT2D eigenvalue weighted by molar-refractivity contribution is 7.79. The molecular formula is C22H22ClO3P. The highest BCUT2D eigenvalue weighted by Gasteiger charge is 2.36. The molecule has 0 unspecified atom stereocenters. The highest BCUT2D eigenvalue weighted by Crippen LogP contribution is 2.37. The van der Waals surface area contributed by atoms with Gasteiger partial charge in [-0.1, -0.05) is 84.9 Å². The van der Waals surface area contributed by atoms with Gasteiger partial charge in [-0.25, -0.2) is 0 Å². The maximum Gasteiger partial charge on any atom is 0.253 e. The molecule has 27 heavy (non-hydrogen) atoms. The Kier molecular flexibility index (Phi) is 7.70. The van der Waals surface area contributed by atoms with Gasteiger partial charge in [0.2, 0.25) is 0 Å². The van der Waals surface area contributed by atoms with E-state index in [0.717, 1.165) is 17.2 Å². The van der Waals surface area contributed by atoms with Crippen molar-refractivity contribution >= 4 is 42.5 Å². The fraction of sp³-hybridized carbons (Fsp3) is 0.136. The van der Waals surface area contributed by atoms with E-state index in [-0.39, 0.29) is 12.4 Å². The summed E-state index contributed by atoms with van der Waals surface area (Å²) in [7, 11) is 2.11. The van der Waals surface area contributed by atoms with E-state index in [1.165, 1.54) is 24.8 Å². The molecule has 3 rings (SSSR count). The van der Waals surface area contributed by atoms with E-state index in [2.05, 4.69) is 30.3 Å². The van der Waals surface area contributed by atoms with E-state index >= 15 is 0 Å². The summed E-state index contributed by atoms with van der Waals surface area (Å²) in [5, 5.41) is 3.44. The maximum absolute atomic E-state index is 11.9. The zero-order valence-corrected chi connectivity index (χ0v) is 17.0. The number of hydrogen-bond acceptors (Lipinski definition) is 3. The quantitative estimate of drug-likeness (QED) is 0.346. The fourth-order valence-electron chi connectivity index (χ4n) is 3.01. The van der Waals surface area contributed by atoms with Crippen molar-refractivity contribution < 1.29 is 14.3 Å². The van der Waals surface area contributed by atoms with Crippen molar-refractivity contribution in [1.29, 1.82) is 0 Å². The molecule has 140 valence electrons. The van der Waals surface area contributed by atoms with Crippen molar-refractivity contribution in [3.8, 4) is 0 Å². The van der Waals surface area contributed by atoms with Gasteiger partial charge in [0.1, 0.15) is 0 Å². The first-order valence-corrected chi connectivity index (χ1v) is 9.66. The summed E-state index contributed by atoms with van der Waals surface area (Å²) >= 11 is 0. The first-order valence-electron chi connectivity index (χ1n) is 8.32. The molecule has 0 saturated carbocycles. The average Bonchev–Trinajstić information content (AvgIpc) is 2.73. The molecule has 0 aliphatic rings. The second kappa shape index (κ2) is 9.77. The molecular weight excluding hydrogens is 379 g/mol. The Labute approximate surface area is 167 Å². The Hall–Kier alpha value is -2.03. The van der Waals surface area contributed by atoms with Crippen molar-refractivity contribution in [1.82, 2.24) is 0 Å². The topological polar surface area (TPSA) is 35.5 Å². The maximum atomic E-state index is 11.9.